The van der Waals surface area contributed by atoms with Crippen molar-refractivity contribution in [1.82, 2.24) is 4.48 Å². The highest BCUT2D eigenvalue weighted by Gasteiger charge is 2.28. The SMILES string of the molecule is CCCC[N+](CCCC)(CCCC)c1ccc(-c2ccccc2)cc1. The number of hydrogen-bond donors (Lipinski definition) is 0. The topological polar surface area (TPSA) is 0 Å². The Balaban J connectivity index is 2.30. The van der Waals surface area contributed by atoms with Crippen molar-refractivity contribution in [2.24, 2.45) is 0 Å². The van der Waals surface area contributed by atoms with Gasteiger partial charge < -0.3 is 0 Å². The highest BCUT2D eigenvalue weighted by atomic mass is 15.4. The van der Waals surface area contributed by atoms with Crippen LogP contribution in [-0.4, -0.2) is 19.6 Å². The van der Waals surface area contributed by atoms with Crippen LogP contribution in [0.1, 0.15) is 59.3 Å². The normalized spacial score (nSPS) is 11.6. The fourth-order valence-electron chi connectivity index (χ4n) is 3.71. The minimum Gasteiger partial charge on any atom is -0.291 e. The third-order valence-electron chi connectivity index (χ3n) is 5.34. The van der Waals surface area contributed by atoms with Gasteiger partial charge in [-0.3, -0.25) is 4.48 Å². The number of unbranched alkanes of at least 4 members (excludes halogenated alkanes) is 3. The molecule has 25 heavy (non-hydrogen) atoms. The van der Waals surface area contributed by atoms with E-state index >= 15 is 0 Å². The van der Waals surface area contributed by atoms with Crippen LogP contribution in [0.4, 0.5) is 5.69 Å². The first-order valence-electron chi connectivity index (χ1n) is 10.3. The van der Waals surface area contributed by atoms with E-state index in [2.05, 4.69) is 75.4 Å². The van der Waals surface area contributed by atoms with Crippen LogP contribution in [0.3, 0.4) is 0 Å². The predicted octanol–water partition coefficient (Wildman–Crippen LogP) is 7.06. The molecule has 2 rings (SSSR count). The van der Waals surface area contributed by atoms with Gasteiger partial charge in [0.1, 0.15) is 5.69 Å². The molecular weight excluding hydrogens is 302 g/mol. The average molecular weight is 339 g/mol. The molecule has 0 aliphatic rings. The van der Waals surface area contributed by atoms with Gasteiger partial charge in [-0.1, -0.05) is 70.4 Å². The van der Waals surface area contributed by atoms with Gasteiger partial charge in [0, 0.05) is 0 Å². The van der Waals surface area contributed by atoms with E-state index in [-0.39, 0.29) is 0 Å². The largest absolute Gasteiger partial charge is 0.291 e. The van der Waals surface area contributed by atoms with Gasteiger partial charge in [0.05, 0.1) is 19.6 Å². The summed E-state index contributed by atoms with van der Waals surface area (Å²) < 4.78 is 1.17. The lowest BCUT2D eigenvalue weighted by Gasteiger charge is -2.39. The minimum absolute atomic E-state index is 1.17. The quantitative estimate of drug-likeness (QED) is 0.385. The Morgan fingerprint density at radius 3 is 1.44 bits per heavy atom. The van der Waals surface area contributed by atoms with Crippen molar-refractivity contribution >= 4 is 5.69 Å². The second-order valence-corrected chi connectivity index (χ2v) is 7.29. The molecular formula is C24H36N+. The molecule has 0 saturated heterocycles. The van der Waals surface area contributed by atoms with Gasteiger partial charge in [-0.05, 0) is 54.7 Å². The van der Waals surface area contributed by atoms with Crippen LogP contribution in [0.2, 0.25) is 0 Å². The molecule has 0 fully saturated rings. The number of hydrogen-bond acceptors (Lipinski definition) is 0. The van der Waals surface area contributed by atoms with Crippen LogP contribution in [-0.2, 0) is 0 Å². The van der Waals surface area contributed by atoms with Gasteiger partial charge in [-0.2, -0.15) is 0 Å². The van der Waals surface area contributed by atoms with Gasteiger partial charge in [-0.15, -0.1) is 0 Å². The summed E-state index contributed by atoms with van der Waals surface area (Å²) in [5.74, 6) is 0. The summed E-state index contributed by atoms with van der Waals surface area (Å²) >= 11 is 0. The Hall–Kier alpha value is -1.60. The summed E-state index contributed by atoms with van der Waals surface area (Å²) in [5, 5.41) is 0. The maximum atomic E-state index is 2.39. The third kappa shape index (κ3) is 5.44. The number of rotatable bonds is 11. The lowest BCUT2D eigenvalue weighted by atomic mass is 10.0. The van der Waals surface area contributed by atoms with Crippen molar-refractivity contribution in [3.63, 3.8) is 0 Å². The molecule has 0 heterocycles. The molecule has 1 heteroatoms. The van der Waals surface area contributed by atoms with Gasteiger partial charge in [0.25, 0.3) is 0 Å². The van der Waals surface area contributed by atoms with Crippen molar-refractivity contribution in [2.75, 3.05) is 19.6 Å². The average Bonchev–Trinajstić information content (AvgIpc) is 2.68. The number of benzene rings is 2. The summed E-state index contributed by atoms with van der Waals surface area (Å²) in [5.41, 5.74) is 4.14. The number of nitrogens with zero attached hydrogens (tertiary/aromatic N) is 1. The number of quaternary nitrogens is 1. The fourth-order valence-corrected chi connectivity index (χ4v) is 3.71. The van der Waals surface area contributed by atoms with Crippen molar-refractivity contribution in [1.29, 1.82) is 0 Å². The highest BCUT2D eigenvalue weighted by molar-refractivity contribution is 5.65. The second-order valence-electron chi connectivity index (χ2n) is 7.29. The molecule has 0 saturated carbocycles. The van der Waals surface area contributed by atoms with Crippen molar-refractivity contribution < 1.29 is 0 Å². The molecule has 2 aromatic rings. The Labute approximate surface area is 155 Å². The standard InChI is InChI=1S/C24H36N/c1-4-7-19-25(20-8-5-2,21-9-6-3)24-17-15-23(16-18-24)22-13-11-10-12-14-22/h10-18H,4-9,19-21H2,1-3H3/q+1. The molecule has 0 amide bonds. The Bertz CT molecular complexity index is 563. The van der Waals surface area contributed by atoms with E-state index < -0.39 is 0 Å². The van der Waals surface area contributed by atoms with Crippen LogP contribution >= 0.6 is 0 Å². The molecule has 1 nitrogen and oxygen atoms in total. The lowest BCUT2D eigenvalue weighted by Crippen LogP contribution is -2.51. The summed E-state index contributed by atoms with van der Waals surface area (Å²) in [6.07, 6.45) is 7.77. The zero-order valence-electron chi connectivity index (χ0n) is 16.5. The second kappa shape index (κ2) is 10.4. The molecule has 0 spiro atoms. The molecule has 0 bridgehead atoms. The summed E-state index contributed by atoms with van der Waals surface area (Å²) in [4.78, 5) is 0. The Morgan fingerprint density at radius 2 is 1.00 bits per heavy atom. The fraction of sp³-hybridized carbons (Fsp3) is 0.500. The monoisotopic (exact) mass is 338 g/mol. The first-order chi connectivity index (χ1) is 12.3. The van der Waals surface area contributed by atoms with E-state index in [1.807, 2.05) is 0 Å². The van der Waals surface area contributed by atoms with E-state index in [0.29, 0.717) is 0 Å². The van der Waals surface area contributed by atoms with Crippen molar-refractivity contribution in [3.8, 4) is 11.1 Å². The Kier molecular flexibility index (Phi) is 8.21. The third-order valence-corrected chi connectivity index (χ3v) is 5.34. The first-order valence-corrected chi connectivity index (χ1v) is 10.3. The van der Waals surface area contributed by atoms with E-state index in [1.165, 1.54) is 79.5 Å². The maximum absolute atomic E-state index is 2.39. The molecule has 0 atom stereocenters. The van der Waals surface area contributed by atoms with Crippen LogP contribution in [0.15, 0.2) is 54.6 Å². The summed E-state index contributed by atoms with van der Waals surface area (Å²) in [6.45, 7) is 10.8. The van der Waals surface area contributed by atoms with Gasteiger partial charge in [0.15, 0.2) is 0 Å². The van der Waals surface area contributed by atoms with Crippen LogP contribution in [0.25, 0.3) is 11.1 Å². The van der Waals surface area contributed by atoms with Crippen LogP contribution < -0.4 is 4.48 Å². The first kappa shape index (κ1) is 19.7. The van der Waals surface area contributed by atoms with Gasteiger partial charge in [0.2, 0.25) is 0 Å². The minimum atomic E-state index is 1.17. The van der Waals surface area contributed by atoms with Crippen molar-refractivity contribution in [3.05, 3.63) is 54.6 Å². The molecule has 0 aliphatic carbocycles. The molecule has 0 N–H and O–H groups in total. The Morgan fingerprint density at radius 1 is 0.560 bits per heavy atom. The van der Waals surface area contributed by atoms with Crippen molar-refractivity contribution in [2.45, 2.75) is 59.3 Å². The molecule has 2 aromatic carbocycles. The zero-order chi connectivity index (χ0) is 18.0. The lowest BCUT2D eigenvalue weighted by molar-refractivity contribution is 0.259. The maximum Gasteiger partial charge on any atom is 0.132 e. The highest BCUT2D eigenvalue weighted by Crippen LogP contribution is 2.29. The molecule has 0 aliphatic heterocycles. The summed E-state index contributed by atoms with van der Waals surface area (Å²) in [7, 11) is 0. The van der Waals surface area contributed by atoms with Gasteiger partial charge >= 0.3 is 0 Å². The molecule has 136 valence electrons. The van der Waals surface area contributed by atoms with Crippen LogP contribution in [0, 0.1) is 0 Å². The van der Waals surface area contributed by atoms with E-state index in [9.17, 15) is 0 Å². The van der Waals surface area contributed by atoms with E-state index in [0.717, 1.165) is 0 Å². The molecule has 0 unspecified atom stereocenters. The summed E-state index contributed by atoms with van der Waals surface area (Å²) in [6, 6.07) is 20.1. The molecule has 0 radical (unpaired) electrons. The zero-order valence-corrected chi connectivity index (χ0v) is 16.5. The van der Waals surface area contributed by atoms with E-state index in [4.69, 9.17) is 0 Å². The van der Waals surface area contributed by atoms with E-state index in [1.54, 1.807) is 0 Å². The van der Waals surface area contributed by atoms with Gasteiger partial charge in [-0.25, -0.2) is 0 Å². The predicted molar refractivity (Wildman–Crippen MR) is 113 cm³/mol. The van der Waals surface area contributed by atoms with Crippen LogP contribution in [0.5, 0.6) is 0 Å². The molecule has 0 aromatic heterocycles. The smallest absolute Gasteiger partial charge is 0.132 e.